The van der Waals surface area contributed by atoms with Gasteiger partial charge in [-0.2, -0.15) is 5.26 Å². The van der Waals surface area contributed by atoms with Crippen LogP contribution in [0.2, 0.25) is 0 Å². The number of benzene rings is 2. The minimum Gasteiger partial charge on any atom is -0.338 e. The summed E-state index contributed by atoms with van der Waals surface area (Å²) in [5.41, 5.74) is 3.45. The number of nitriles is 1. The first-order chi connectivity index (χ1) is 8.76. The zero-order valence-electron chi connectivity index (χ0n) is 9.31. The summed E-state index contributed by atoms with van der Waals surface area (Å²) in [6.45, 7) is 0. The van der Waals surface area contributed by atoms with Gasteiger partial charge in [0.05, 0.1) is 22.7 Å². The van der Waals surface area contributed by atoms with Gasteiger partial charge in [-0.15, -0.1) is 0 Å². The zero-order valence-corrected chi connectivity index (χ0v) is 11.5. The molecule has 1 aromatic heterocycles. The highest BCUT2D eigenvalue weighted by Gasteiger charge is 2.05. The van der Waals surface area contributed by atoms with Gasteiger partial charge in [0.1, 0.15) is 5.82 Å². The van der Waals surface area contributed by atoms with E-state index in [1.807, 2.05) is 36.4 Å². The third-order valence-electron chi connectivity index (χ3n) is 2.73. The number of fused-ring (bicyclic) bond motifs is 1. The lowest BCUT2D eigenvalue weighted by Gasteiger charge is -1.95. The summed E-state index contributed by atoms with van der Waals surface area (Å²) in [6, 6.07) is 15.7. The SMILES string of the molecule is N#Cc1ccc2nc(-c3ccc(I)cc3)[nH]c2c1. The van der Waals surface area contributed by atoms with Crippen LogP contribution < -0.4 is 0 Å². The predicted octanol–water partition coefficient (Wildman–Crippen LogP) is 3.71. The zero-order chi connectivity index (χ0) is 12.5. The van der Waals surface area contributed by atoms with Crippen LogP contribution in [0.5, 0.6) is 0 Å². The number of H-pyrrole nitrogens is 1. The van der Waals surface area contributed by atoms with Crippen molar-refractivity contribution < 1.29 is 0 Å². The van der Waals surface area contributed by atoms with Gasteiger partial charge >= 0.3 is 0 Å². The maximum atomic E-state index is 8.87. The summed E-state index contributed by atoms with van der Waals surface area (Å²) in [7, 11) is 0. The summed E-state index contributed by atoms with van der Waals surface area (Å²) in [5, 5.41) is 8.87. The molecule has 0 aliphatic heterocycles. The average molecular weight is 345 g/mol. The van der Waals surface area contributed by atoms with Crippen LogP contribution in [-0.4, -0.2) is 9.97 Å². The van der Waals surface area contributed by atoms with Crippen LogP contribution in [0.3, 0.4) is 0 Å². The first-order valence-corrected chi connectivity index (χ1v) is 6.50. The van der Waals surface area contributed by atoms with Crippen molar-refractivity contribution in [2.24, 2.45) is 0 Å². The highest BCUT2D eigenvalue weighted by atomic mass is 127. The summed E-state index contributed by atoms with van der Waals surface area (Å²) in [4.78, 5) is 7.76. The lowest BCUT2D eigenvalue weighted by atomic mass is 10.2. The highest BCUT2D eigenvalue weighted by Crippen LogP contribution is 2.21. The summed E-state index contributed by atoms with van der Waals surface area (Å²) in [6.07, 6.45) is 0. The Morgan fingerprint density at radius 2 is 1.89 bits per heavy atom. The second kappa shape index (κ2) is 4.42. The quantitative estimate of drug-likeness (QED) is 0.684. The van der Waals surface area contributed by atoms with E-state index in [1.54, 1.807) is 6.07 Å². The summed E-state index contributed by atoms with van der Waals surface area (Å²) in [5.74, 6) is 0.830. The number of rotatable bonds is 1. The monoisotopic (exact) mass is 345 g/mol. The van der Waals surface area contributed by atoms with Gasteiger partial charge in [-0.1, -0.05) is 12.1 Å². The third kappa shape index (κ3) is 1.97. The van der Waals surface area contributed by atoms with E-state index in [1.165, 1.54) is 3.57 Å². The Labute approximate surface area is 118 Å². The van der Waals surface area contributed by atoms with Gasteiger partial charge < -0.3 is 4.98 Å². The standard InChI is InChI=1S/C14H8IN3/c15-11-4-2-10(3-5-11)14-17-12-6-1-9(8-16)7-13(12)18-14/h1-7H,(H,17,18). The number of hydrogen-bond acceptors (Lipinski definition) is 2. The lowest BCUT2D eigenvalue weighted by Crippen LogP contribution is -1.79. The van der Waals surface area contributed by atoms with Crippen molar-refractivity contribution in [1.82, 2.24) is 9.97 Å². The fraction of sp³-hybridized carbons (Fsp3) is 0. The number of aromatic amines is 1. The van der Waals surface area contributed by atoms with Crippen molar-refractivity contribution in [3.63, 3.8) is 0 Å². The van der Waals surface area contributed by atoms with Crippen LogP contribution in [0.1, 0.15) is 5.56 Å². The van der Waals surface area contributed by atoms with Crippen LogP contribution in [0.25, 0.3) is 22.4 Å². The van der Waals surface area contributed by atoms with Gasteiger partial charge in [0.2, 0.25) is 0 Å². The van der Waals surface area contributed by atoms with Crippen molar-refractivity contribution in [1.29, 1.82) is 5.26 Å². The molecule has 18 heavy (non-hydrogen) atoms. The van der Waals surface area contributed by atoms with Crippen LogP contribution in [0.15, 0.2) is 42.5 Å². The molecule has 0 fully saturated rings. The molecule has 0 atom stereocenters. The molecular formula is C14H8IN3. The Balaban J connectivity index is 2.13. The molecule has 0 unspecified atom stereocenters. The molecule has 4 heteroatoms. The maximum absolute atomic E-state index is 8.87. The predicted molar refractivity (Wildman–Crippen MR) is 79.0 cm³/mol. The minimum absolute atomic E-state index is 0.639. The molecule has 3 aromatic rings. The molecule has 86 valence electrons. The van der Waals surface area contributed by atoms with Gasteiger partial charge in [-0.3, -0.25) is 0 Å². The largest absolute Gasteiger partial charge is 0.338 e. The molecular weight excluding hydrogens is 337 g/mol. The smallest absolute Gasteiger partial charge is 0.138 e. The molecule has 3 nitrogen and oxygen atoms in total. The summed E-state index contributed by atoms with van der Waals surface area (Å²) < 4.78 is 1.19. The number of hydrogen-bond donors (Lipinski definition) is 1. The van der Waals surface area contributed by atoms with E-state index >= 15 is 0 Å². The normalized spacial score (nSPS) is 10.4. The number of imidazole rings is 1. The molecule has 0 aliphatic carbocycles. The fourth-order valence-electron chi connectivity index (χ4n) is 1.82. The number of nitrogens with one attached hydrogen (secondary N) is 1. The van der Waals surface area contributed by atoms with E-state index in [4.69, 9.17) is 5.26 Å². The molecule has 1 heterocycles. The minimum atomic E-state index is 0.639. The molecule has 0 bridgehead atoms. The average Bonchev–Trinajstić information content (AvgIpc) is 2.82. The molecule has 2 aromatic carbocycles. The Kier molecular flexibility index (Phi) is 2.76. The van der Waals surface area contributed by atoms with E-state index in [9.17, 15) is 0 Å². The number of nitrogens with zero attached hydrogens (tertiary/aromatic N) is 2. The molecule has 0 saturated heterocycles. The van der Waals surface area contributed by atoms with Crippen LogP contribution in [0, 0.1) is 14.9 Å². The van der Waals surface area contributed by atoms with E-state index < -0.39 is 0 Å². The Hall–Kier alpha value is -1.87. The molecule has 0 saturated carbocycles. The van der Waals surface area contributed by atoms with Crippen molar-refractivity contribution in [3.8, 4) is 17.5 Å². The summed E-state index contributed by atoms with van der Waals surface area (Å²) >= 11 is 2.27. The molecule has 3 rings (SSSR count). The van der Waals surface area contributed by atoms with Crippen LogP contribution >= 0.6 is 22.6 Å². The van der Waals surface area contributed by atoms with E-state index in [0.29, 0.717) is 5.56 Å². The number of halogens is 1. The topological polar surface area (TPSA) is 52.5 Å². The molecule has 0 spiro atoms. The van der Waals surface area contributed by atoms with Crippen LogP contribution in [0.4, 0.5) is 0 Å². The molecule has 0 aliphatic rings. The van der Waals surface area contributed by atoms with Gasteiger partial charge in [-0.25, -0.2) is 4.98 Å². The van der Waals surface area contributed by atoms with Crippen molar-refractivity contribution in [3.05, 3.63) is 51.6 Å². The Morgan fingerprint density at radius 1 is 1.11 bits per heavy atom. The van der Waals surface area contributed by atoms with E-state index in [2.05, 4.69) is 38.6 Å². The van der Waals surface area contributed by atoms with Gasteiger partial charge in [0.15, 0.2) is 0 Å². The number of aromatic nitrogens is 2. The van der Waals surface area contributed by atoms with Crippen molar-refractivity contribution in [2.75, 3.05) is 0 Å². The molecule has 0 amide bonds. The highest BCUT2D eigenvalue weighted by molar-refractivity contribution is 14.1. The van der Waals surface area contributed by atoms with E-state index in [0.717, 1.165) is 22.4 Å². The first-order valence-electron chi connectivity index (χ1n) is 5.42. The fourth-order valence-corrected chi connectivity index (χ4v) is 2.18. The van der Waals surface area contributed by atoms with Gasteiger partial charge in [-0.05, 0) is 52.9 Å². The Morgan fingerprint density at radius 3 is 2.61 bits per heavy atom. The Bertz CT molecular complexity index is 751. The van der Waals surface area contributed by atoms with Gasteiger partial charge in [0.25, 0.3) is 0 Å². The van der Waals surface area contributed by atoms with Crippen LogP contribution in [-0.2, 0) is 0 Å². The maximum Gasteiger partial charge on any atom is 0.138 e. The lowest BCUT2D eigenvalue weighted by molar-refractivity contribution is 1.33. The molecule has 1 N–H and O–H groups in total. The van der Waals surface area contributed by atoms with Crippen molar-refractivity contribution in [2.45, 2.75) is 0 Å². The van der Waals surface area contributed by atoms with E-state index in [-0.39, 0.29) is 0 Å². The second-order valence-corrected chi connectivity index (χ2v) is 5.18. The second-order valence-electron chi connectivity index (χ2n) is 3.94. The third-order valence-corrected chi connectivity index (χ3v) is 3.45. The van der Waals surface area contributed by atoms with Crippen molar-refractivity contribution >= 4 is 33.6 Å². The van der Waals surface area contributed by atoms with Gasteiger partial charge in [0, 0.05) is 9.13 Å². The molecule has 0 radical (unpaired) electrons. The first kappa shape index (κ1) is 11.2.